The molecule has 0 saturated carbocycles. The molecule has 0 radical (unpaired) electrons. The number of hydrogen-bond donors (Lipinski definition) is 2. The van der Waals surface area contributed by atoms with Gasteiger partial charge in [0.1, 0.15) is 17.7 Å². The number of anilines is 1. The average Bonchev–Trinajstić information content (AvgIpc) is 3.04. The minimum atomic E-state index is -0.987. The lowest BCUT2D eigenvalue weighted by atomic mass is 9.98. The van der Waals surface area contributed by atoms with Crippen molar-refractivity contribution >= 4 is 28.9 Å². The monoisotopic (exact) mass is 325 g/mol. The van der Waals surface area contributed by atoms with Crippen molar-refractivity contribution in [2.24, 2.45) is 0 Å². The number of ether oxygens (including phenoxy) is 1. The van der Waals surface area contributed by atoms with Gasteiger partial charge in [-0.25, -0.2) is 4.39 Å². The number of carbonyl (C=O) groups excluding carboxylic acids is 1. The number of benzene rings is 2. The van der Waals surface area contributed by atoms with Crippen LogP contribution in [0.3, 0.4) is 0 Å². The number of rotatable bonds is 2. The van der Waals surface area contributed by atoms with Gasteiger partial charge in [0.05, 0.1) is 17.7 Å². The van der Waals surface area contributed by atoms with Crippen molar-refractivity contribution in [3.8, 4) is 0 Å². The van der Waals surface area contributed by atoms with Gasteiger partial charge in [0.2, 0.25) is 0 Å². The highest BCUT2D eigenvalue weighted by Gasteiger charge is 2.36. The number of nitrogens with one attached hydrogen (secondary N) is 1. The normalized spacial score (nSPS) is 21.0. The number of carbonyl (C=O) groups is 2. The molecule has 0 aliphatic carbocycles. The summed E-state index contributed by atoms with van der Waals surface area (Å²) in [5.74, 6) is -1.49. The fraction of sp³-hybridized carbons (Fsp3) is 0.111. The van der Waals surface area contributed by atoms with Crippen molar-refractivity contribution in [3.05, 3.63) is 65.0 Å². The van der Waals surface area contributed by atoms with Crippen LogP contribution in [0.1, 0.15) is 29.2 Å². The summed E-state index contributed by atoms with van der Waals surface area (Å²) in [4.78, 5) is 23.5. The lowest BCUT2D eigenvalue weighted by Crippen LogP contribution is -2.07. The van der Waals surface area contributed by atoms with E-state index in [1.165, 1.54) is 18.2 Å². The van der Waals surface area contributed by atoms with Crippen LogP contribution in [0.15, 0.2) is 42.5 Å². The molecule has 2 aliphatic heterocycles. The molecule has 120 valence electrons. The van der Waals surface area contributed by atoms with E-state index in [1.807, 2.05) is 0 Å². The highest BCUT2D eigenvalue weighted by atomic mass is 19.1. The molecule has 4 rings (SSSR count). The number of hydrogen-bond acceptors (Lipinski definition) is 3. The minimum absolute atomic E-state index is 0.203. The molecule has 0 bridgehead atoms. The Morgan fingerprint density at radius 1 is 1.21 bits per heavy atom. The Labute approximate surface area is 136 Å². The van der Waals surface area contributed by atoms with Crippen LogP contribution >= 0.6 is 0 Å². The summed E-state index contributed by atoms with van der Waals surface area (Å²) in [5, 5.41) is 11.7. The van der Waals surface area contributed by atoms with Crippen molar-refractivity contribution in [2.75, 3.05) is 5.32 Å². The molecule has 6 heteroatoms. The molecule has 24 heavy (non-hydrogen) atoms. The first kappa shape index (κ1) is 14.4. The van der Waals surface area contributed by atoms with E-state index in [2.05, 4.69) is 5.32 Å². The van der Waals surface area contributed by atoms with Gasteiger partial charge in [-0.05, 0) is 18.2 Å². The molecular weight excluding hydrogens is 313 g/mol. The van der Waals surface area contributed by atoms with Crippen molar-refractivity contribution in [2.45, 2.75) is 12.5 Å². The van der Waals surface area contributed by atoms with Crippen LogP contribution in [0.25, 0.3) is 11.3 Å². The molecule has 2 heterocycles. The number of carboxylic acids is 1. The SMILES string of the molecule is O=C(O)C[C@H]1OC(=C2C(=O)Nc3cc(F)ccc32)c2ccccc21. The molecule has 2 N–H and O–H groups in total. The standard InChI is InChI=1S/C18H12FNO4/c19-9-5-6-12-13(7-9)20-18(23)16(12)17-11-4-2-1-3-10(11)14(24-17)8-15(21)22/h1-7,14H,8H2,(H,20,23)(H,21,22)/t14-/m1/s1. The number of amides is 1. The van der Waals surface area contributed by atoms with Crippen LogP contribution in [-0.4, -0.2) is 17.0 Å². The first-order valence-electron chi connectivity index (χ1n) is 7.38. The van der Waals surface area contributed by atoms with Crippen LogP contribution in [-0.2, 0) is 14.3 Å². The van der Waals surface area contributed by atoms with Crippen molar-refractivity contribution in [1.29, 1.82) is 0 Å². The maximum Gasteiger partial charge on any atom is 0.307 e. The van der Waals surface area contributed by atoms with Gasteiger partial charge in [-0.15, -0.1) is 0 Å². The van der Waals surface area contributed by atoms with E-state index in [0.717, 1.165) is 5.56 Å². The second-order valence-electron chi connectivity index (χ2n) is 5.64. The molecule has 1 amide bonds. The molecular formula is C18H12FNO4. The predicted octanol–water partition coefficient (Wildman–Crippen LogP) is 3.19. The van der Waals surface area contributed by atoms with Gasteiger partial charge < -0.3 is 15.2 Å². The van der Waals surface area contributed by atoms with Gasteiger partial charge in [-0.3, -0.25) is 9.59 Å². The first-order valence-corrected chi connectivity index (χ1v) is 7.38. The summed E-state index contributed by atoms with van der Waals surface area (Å²) in [5.41, 5.74) is 2.63. The van der Waals surface area contributed by atoms with E-state index in [4.69, 9.17) is 9.84 Å². The fourth-order valence-electron chi connectivity index (χ4n) is 3.13. The Kier molecular flexibility index (Phi) is 3.13. The zero-order valence-corrected chi connectivity index (χ0v) is 12.4. The second kappa shape index (κ2) is 5.19. The van der Waals surface area contributed by atoms with Gasteiger partial charge in [-0.2, -0.15) is 0 Å². The summed E-state index contributed by atoms with van der Waals surface area (Å²) in [7, 11) is 0. The Hall–Kier alpha value is -3.15. The summed E-state index contributed by atoms with van der Waals surface area (Å²) in [6.07, 6.45) is -0.857. The smallest absolute Gasteiger partial charge is 0.307 e. The zero-order valence-electron chi connectivity index (χ0n) is 12.4. The first-order chi connectivity index (χ1) is 11.5. The highest BCUT2D eigenvalue weighted by Crippen LogP contribution is 2.46. The van der Waals surface area contributed by atoms with E-state index < -0.39 is 23.8 Å². The van der Waals surface area contributed by atoms with Crippen molar-refractivity contribution in [1.82, 2.24) is 0 Å². The third-order valence-electron chi connectivity index (χ3n) is 4.13. The summed E-state index contributed by atoms with van der Waals surface area (Å²) in [6, 6.07) is 11.2. The Bertz CT molecular complexity index is 919. The largest absolute Gasteiger partial charge is 0.484 e. The molecule has 2 aromatic carbocycles. The Balaban J connectivity index is 1.90. The molecule has 2 aromatic rings. The summed E-state index contributed by atoms with van der Waals surface area (Å²) < 4.78 is 19.2. The van der Waals surface area contributed by atoms with E-state index >= 15 is 0 Å². The van der Waals surface area contributed by atoms with Crippen LogP contribution in [0.2, 0.25) is 0 Å². The van der Waals surface area contributed by atoms with Gasteiger partial charge in [0, 0.05) is 16.7 Å². The van der Waals surface area contributed by atoms with Crippen LogP contribution < -0.4 is 5.32 Å². The molecule has 0 unspecified atom stereocenters. The lowest BCUT2D eigenvalue weighted by Gasteiger charge is -2.10. The van der Waals surface area contributed by atoms with E-state index in [-0.39, 0.29) is 6.42 Å². The third kappa shape index (κ3) is 2.15. The maximum atomic E-state index is 13.4. The second-order valence-corrected chi connectivity index (χ2v) is 5.64. The molecule has 0 fully saturated rings. The van der Waals surface area contributed by atoms with Gasteiger partial charge >= 0.3 is 5.97 Å². The number of carboxylic acid groups (broad SMARTS) is 1. The van der Waals surface area contributed by atoms with Gasteiger partial charge in [0.25, 0.3) is 5.91 Å². The lowest BCUT2D eigenvalue weighted by molar-refractivity contribution is -0.139. The Morgan fingerprint density at radius 3 is 2.79 bits per heavy atom. The fourth-order valence-corrected chi connectivity index (χ4v) is 3.13. The molecule has 2 aliphatic rings. The zero-order chi connectivity index (χ0) is 16.8. The Morgan fingerprint density at radius 2 is 2.00 bits per heavy atom. The van der Waals surface area contributed by atoms with Crippen molar-refractivity contribution < 1.29 is 23.8 Å². The van der Waals surface area contributed by atoms with Crippen molar-refractivity contribution in [3.63, 3.8) is 0 Å². The van der Waals surface area contributed by atoms with Crippen LogP contribution in [0.4, 0.5) is 10.1 Å². The summed E-state index contributed by atoms with van der Waals surface area (Å²) >= 11 is 0. The highest BCUT2D eigenvalue weighted by molar-refractivity contribution is 6.36. The molecule has 0 saturated heterocycles. The molecule has 5 nitrogen and oxygen atoms in total. The van der Waals surface area contributed by atoms with Crippen LogP contribution in [0.5, 0.6) is 0 Å². The average molecular weight is 325 g/mol. The number of halogens is 1. The number of fused-ring (bicyclic) bond motifs is 2. The molecule has 1 atom stereocenters. The topological polar surface area (TPSA) is 75.6 Å². The maximum absolute atomic E-state index is 13.4. The van der Waals surface area contributed by atoms with E-state index in [0.29, 0.717) is 28.1 Å². The third-order valence-corrected chi connectivity index (χ3v) is 4.13. The van der Waals surface area contributed by atoms with Crippen LogP contribution in [0, 0.1) is 5.82 Å². The minimum Gasteiger partial charge on any atom is -0.484 e. The van der Waals surface area contributed by atoms with Gasteiger partial charge in [0.15, 0.2) is 0 Å². The van der Waals surface area contributed by atoms with Gasteiger partial charge in [-0.1, -0.05) is 24.3 Å². The number of aliphatic carboxylic acids is 1. The predicted molar refractivity (Wildman–Crippen MR) is 84.4 cm³/mol. The molecule has 0 spiro atoms. The summed E-state index contributed by atoms with van der Waals surface area (Å²) in [6.45, 7) is 0. The molecule has 0 aromatic heterocycles. The van der Waals surface area contributed by atoms with E-state index in [1.54, 1.807) is 24.3 Å². The quantitative estimate of drug-likeness (QED) is 0.832. The van der Waals surface area contributed by atoms with E-state index in [9.17, 15) is 14.0 Å².